The maximum absolute atomic E-state index is 11.3. The second kappa shape index (κ2) is 4.69. The molecular weight excluding hydrogens is 266 g/mol. The topological polar surface area (TPSA) is 59.2 Å². The van der Waals surface area contributed by atoms with Gasteiger partial charge in [0, 0.05) is 31.1 Å². The average molecular weight is 285 g/mol. The monoisotopic (exact) mass is 285 g/mol. The number of aromatic nitrogens is 2. The van der Waals surface area contributed by atoms with E-state index < -0.39 is 0 Å². The highest BCUT2D eigenvalue weighted by Gasteiger charge is 2.49. The van der Waals surface area contributed by atoms with Gasteiger partial charge in [0.15, 0.2) is 5.82 Å². The molecule has 2 aromatic rings. The minimum atomic E-state index is -0.00112. The summed E-state index contributed by atoms with van der Waals surface area (Å²) in [5.74, 6) is 1.72. The summed E-state index contributed by atoms with van der Waals surface area (Å²) in [5, 5.41) is 4.09. The van der Waals surface area contributed by atoms with Crippen molar-refractivity contribution in [2.24, 2.45) is 5.41 Å². The second-order valence-corrected chi connectivity index (χ2v) is 6.33. The number of anilines is 1. The Balaban J connectivity index is 1.80. The smallest absolute Gasteiger partial charge is 0.257 e. The number of carbonyl (C=O) groups is 1. The summed E-state index contributed by atoms with van der Waals surface area (Å²) >= 11 is 0. The summed E-state index contributed by atoms with van der Waals surface area (Å²) < 4.78 is 5.35. The van der Waals surface area contributed by atoms with Gasteiger partial charge in [0.05, 0.1) is 0 Å². The van der Waals surface area contributed by atoms with E-state index in [2.05, 4.69) is 24.0 Å². The van der Waals surface area contributed by atoms with Crippen LogP contribution in [0.2, 0.25) is 0 Å². The van der Waals surface area contributed by atoms with E-state index >= 15 is 0 Å². The Morgan fingerprint density at radius 3 is 2.48 bits per heavy atom. The maximum Gasteiger partial charge on any atom is 0.257 e. The minimum Gasteiger partial charge on any atom is -0.334 e. The van der Waals surface area contributed by atoms with Crippen molar-refractivity contribution in [2.45, 2.75) is 33.1 Å². The fraction of sp³-hybridized carbons (Fsp3) is 0.438. The second-order valence-electron chi connectivity index (χ2n) is 6.33. The molecule has 3 rings (SSSR count). The van der Waals surface area contributed by atoms with Crippen LogP contribution in [0, 0.1) is 5.41 Å². The first-order valence-electron chi connectivity index (χ1n) is 7.07. The van der Waals surface area contributed by atoms with E-state index in [9.17, 15) is 4.79 Å². The minimum absolute atomic E-state index is 0.00112. The zero-order chi connectivity index (χ0) is 15.2. The molecule has 1 aromatic carbocycles. The lowest BCUT2D eigenvalue weighted by Crippen LogP contribution is -2.22. The number of benzene rings is 1. The number of carbonyl (C=O) groups excluding carboxylic acids is 1. The quantitative estimate of drug-likeness (QED) is 0.868. The van der Waals surface area contributed by atoms with Crippen molar-refractivity contribution in [3.05, 3.63) is 30.1 Å². The van der Waals surface area contributed by atoms with Crippen LogP contribution in [0.5, 0.6) is 0 Å². The number of nitrogens with zero attached hydrogens (tertiary/aromatic N) is 3. The third-order valence-electron chi connectivity index (χ3n) is 4.24. The first kappa shape index (κ1) is 13.8. The van der Waals surface area contributed by atoms with Gasteiger partial charge >= 0.3 is 0 Å². The molecule has 5 heteroatoms. The molecule has 1 atom stereocenters. The molecule has 0 aliphatic heterocycles. The fourth-order valence-corrected chi connectivity index (χ4v) is 2.41. The van der Waals surface area contributed by atoms with E-state index in [1.807, 2.05) is 24.3 Å². The molecular formula is C16H19N3O2. The van der Waals surface area contributed by atoms with E-state index in [1.165, 1.54) is 6.92 Å². The van der Waals surface area contributed by atoms with Crippen molar-refractivity contribution in [2.75, 3.05) is 11.9 Å². The molecule has 1 fully saturated rings. The molecule has 1 aromatic heterocycles. The SMILES string of the molecule is CC(=O)N(C)c1ccc(-c2nc(C3CC3(C)C)no2)cc1. The molecule has 0 N–H and O–H groups in total. The van der Waals surface area contributed by atoms with Crippen molar-refractivity contribution in [1.82, 2.24) is 10.1 Å². The van der Waals surface area contributed by atoms with Gasteiger partial charge in [-0.2, -0.15) is 4.98 Å². The van der Waals surface area contributed by atoms with Crippen LogP contribution in [-0.4, -0.2) is 23.1 Å². The van der Waals surface area contributed by atoms with Gasteiger partial charge in [0.1, 0.15) is 0 Å². The third kappa shape index (κ3) is 2.55. The van der Waals surface area contributed by atoms with E-state index in [0.717, 1.165) is 23.5 Å². The Kier molecular flexibility index (Phi) is 3.08. The van der Waals surface area contributed by atoms with Crippen molar-refractivity contribution >= 4 is 11.6 Å². The zero-order valence-corrected chi connectivity index (χ0v) is 12.8. The van der Waals surface area contributed by atoms with Crippen LogP contribution >= 0.6 is 0 Å². The molecule has 0 spiro atoms. The summed E-state index contributed by atoms with van der Waals surface area (Å²) in [4.78, 5) is 17.4. The Morgan fingerprint density at radius 2 is 1.95 bits per heavy atom. The normalized spacial score (nSPS) is 19.3. The van der Waals surface area contributed by atoms with Gasteiger partial charge in [0.25, 0.3) is 5.89 Å². The molecule has 21 heavy (non-hydrogen) atoms. The van der Waals surface area contributed by atoms with Gasteiger partial charge in [-0.3, -0.25) is 4.79 Å². The van der Waals surface area contributed by atoms with Crippen LogP contribution in [-0.2, 0) is 4.79 Å². The van der Waals surface area contributed by atoms with E-state index in [4.69, 9.17) is 4.52 Å². The van der Waals surface area contributed by atoms with Crippen LogP contribution in [0.15, 0.2) is 28.8 Å². The highest BCUT2D eigenvalue weighted by Crippen LogP contribution is 2.57. The van der Waals surface area contributed by atoms with Crippen LogP contribution in [0.1, 0.15) is 38.9 Å². The van der Waals surface area contributed by atoms with Crippen molar-refractivity contribution in [3.8, 4) is 11.5 Å². The largest absolute Gasteiger partial charge is 0.334 e. The van der Waals surface area contributed by atoms with Gasteiger partial charge in [-0.05, 0) is 36.1 Å². The molecule has 1 aliphatic rings. The first-order chi connectivity index (χ1) is 9.88. The number of hydrogen-bond donors (Lipinski definition) is 0. The summed E-state index contributed by atoms with van der Waals surface area (Å²) in [6.07, 6.45) is 1.11. The molecule has 1 aliphatic carbocycles. The molecule has 1 amide bonds. The number of rotatable bonds is 3. The fourth-order valence-electron chi connectivity index (χ4n) is 2.41. The standard InChI is InChI=1S/C16H19N3O2/c1-10(20)19(4)12-7-5-11(6-8-12)15-17-14(18-21-15)13-9-16(13,2)3/h5-8,13H,9H2,1-4H3. The van der Waals surface area contributed by atoms with Gasteiger partial charge in [0.2, 0.25) is 5.91 Å². The Morgan fingerprint density at radius 1 is 1.33 bits per heavy atom. The van der Waals surface area contributed by atoms with Crippen LogP contribution in [0.4, 0.5) is 5.69 Å². The molecule has 0 saturated heterocycles. The Bertz CT molecular complexity index is 673. The number of amides is 1. The number of hydrogen-bond acceptors (Lipinski definition) is 4. The summed E-state index contributed by atoms with van der Waals surface area (Å²) in [7, 11) is 1.75. The Hall–Kier alpha value is -2.17. The van der Waals surface area contributed by atoms with Crippen LogP contribution in [0.25, 0.3) is 11.5 Å². The lowest BCUT2D eigenvalue weighted by Gasteiger charge is -2.14. The van der Waals surface area contributed by atoms with Crippen molar-refractivity contribution in [1.29, 1.82) is 0 Å². The molecule has 1 saturated carbocycles. The first-order valence-corrected chi connectivity index (χ1v) is 7.07. The van der Waals surface area contributed by atoms with Gasteiger partial charge in [-0.1, -0.05) is 19.0 Å². The predicted octanol–water partition coefficient (Wildman–Crippen LogP) is 3.23. The maximum atomic E-state index is 11.3. The molecule has 110 valence electrons. The molecule has 5 nitrogen and oxygen atoms in total. The Labute approximate surface area is 124 Å². The summed E-state index contributed by atoms with van der Waals surface area (Å²) in [6.45, 7) is 5.95. The summed E-state index contributed by atoms with van der Waals surface area (Å²) in [6, 6.07) is 7.54. The molecule has 1 heterocycles. The predicted molar refractivity (Wildman–Crippen MR) is 80.0 cm³/mol. The molecule has 1 unspecified atom stereocenters. The highest BCUT2D eigenvalue weighted by molar-refractivity contribution is 5.91. The zero-order valence-electron chi connectivity index (χ0n) is 12.8. The lowest BCUT2D eigenvalue weighted by atomic mass is 10.1. The molecule has 0 bridgehead atoms. The van der Waals surface area contributed by atoms with E-state index in [-0.39, 0.29) is 11.3 Å². The average Bonchev–Trinajstić information content (AvgIpc) is 2.89. The van der Waals surface area contributed by atoms with Gasteiger partial charge in [-0.25, -0.2) is 0 Å². The third-order valence-corrected chi connectivity index (χ3v) is 4.24. The summed E-state index contributed by atoms with van der Waals surface area (Å²) in [5.41, 5.74) is 2.00. The van der Waals surface area contributed by atoms with Gasteiger partial charge in [-0.15, -0.1) is 0 Å². The van der Waals surface area contributed by atoms with Crippen LogP contribution in [0.3, 0.4) is 0 Å². The van der Waals surface area contributed by atoms with E-state index in [1.54, 1.807) is 11.9 Å². The highest BCUT2D eigenvalue weighted by atomic mass is 16.5. The van der Waals surface area contributed by atoms with Crippen molar-refractivity contribution in [3.63, 3.8) is 0 Å². The lowest BCUT2D eigenvalue weighted by molar-refractivity contribution is -0.116. The molecule has 0 radical (unpaired) electrons. The van der Waals surface area contributed by atoms with Gasteiger partial charge < -0.3 is 9.42 Å². The van der Waals surface area contributed by atoms with Crippen molar-refractivity contribution < 1.29 is 9.32 Å². The van der Waals surface area contributed by atoms with Crippen LogP contribution < -0.4 is 4.90 Å². The van der Waals surface area contributed by atoms with E-state index in [0.29, 0.717) is 11.8 Å².